The number of urea groups is 1. The molecular formula is C35H43N7O8. The SMILES string of the molecule is NC(=O)NCCCC(NC(=O)C1(C(=O)NCCCCCN2C(=O)C=CC2=O)CCC1)C(=O)Nc1ccc(CCc2ccc([N+](=O)[O-])cc2)cc1. The number of nitro benzene ring substituents is 1. The molecule has 2 aliphatic rings. The van der Waals surface area contributed by atoms with Gasteiger partial charge in [-0.2, -0.15) is 0 Å². The van der Waals surface area contributed by atoms with Crippen molar-refractivity contribution in [3.8, 4) is 0 Å². The third-order valence-corrected chi connectivity index (χ3v) is 8.98. The number of rotatable bonds is 19. The van der Waals surface area contributed by atoms with E-state index >= 15 is 0 Å². The van der Waals surface area contributed by atoms with Crippen molar-refractivity contribution in [3.05, 3.63) is 81.9 Å². The van der Waals surface area contributed by atoms with Crippen LogP contribution in [0.3, 0.4) is 0 Å². The minimum Gasteiger partial charge on any atom is -0.355 e. The number of hydrogen-bond acceptors (Lipinski definition) is 8. The number of hydrogen-bond donors (Lipinski definition) is 5. The molecule has 2 aromatic rings. The fraction of sp³-hybridized carbons (Fsp3) is 0.429. The van der Waals surface area contributed by atoms with E-state index in [1.54, 1.807) is 24.3 Å². The van der Waals surface area contributed by atoms with E-state index in [0.717, 1.165) is 11.1 Å². The molecule has 7 amide bonds. The summed E-state index contributed by atoms with van der Waals surface area (Å²) in [5.74, 6) is -2.08. The van der Waals surface area contributed by atoms with Crippen molar-refractivity contribution in [1.82, 2.24) is 20.9 Å². The molecule has 1 fully saturated rings. The highest BCUT2D eigenvalue weighted by Gasteiger charge is 2.51. The summed E-state index contributed by atoms with van der Waals surface area (Å²) in [4.78, 5) is 86.3. The van der Waals surface area contributed by atoms with E-state index in [1.165, 1.54) is 29.2 Å². The Morgan fingerprint density at radius 1 is 0.820 bits per heavy atom. The summed E-state index contributed by atoms with van der Waals surface area (Å²) in [5.41, 5.74) is 6.36. The van der Waals surface area contributed by atoms with Crippen LogP contribution in [-0.4, -0.2) is 71.1 Å². The number of amides is 7. The molecule has 0 bridgehead atoms. The molecule has 0 radical (unpaired) electrons. The molecule has 0 saturated heterocycles. The maximum atomic E-state index is 13.6. The summed E-state index contributed by atoms with van der Waals surface area (Å²) in [6.45, 7) is 0.818. The molecule has 1 aliphatic heterocycles. The van der Waals surface area contributed by atoms with Crippen LogP contribution in [-0.2, 0) is 36.8 Å². The Balaban J connectivity index is 1.29. The minimum absolute atomic E-state index is 0.0355. The molecule has 6 N–H and O–H groups in total. The summed E-state index contributed by atoms with van der Waals surface area (Å²) in [7, 11) is 0. The van der Waals surface area contributed by atoms with E-state index in [1.807, 2.05) is 12.1 Å². The van der Waals surface area contributed by atoms with Gasteiger partial charge in [0.1, 0.15) is 11.5 Å². The Morgan fingerprint density at radius 3 is 1.98 bits per heavy atom. The van der Waals surface area contributed by atoms with Crippen molar-refractivity contribution >= 4 is 46.9 Å². The Labute approximate surface area is 289 Å². The van der Waals surface area contributed by atoms with Gasteiger partial charge in [0.2, 0.25) is 17.7 Å². The largest absolute Gasteiger partial charge is 0.355 e. The standard InChI is InChI=1S/C35H43N7O8/c36-34(48)38-22-4-6-28(31(45)39-26-13-9-24(10-14-26)7-8-25-11-15-27(16-12-25)42(49)50)40-33(47)35(19-5-20-35)32(46)37-21-2-1-3-23-41-29(43)17-18-30(41)44/h9-18,28H,1-8,19-23H2,(H,37,46)(H,39,45)(H,40,47)(H3,36,38,48). The Hall–Kier alpha value is -5.60. The number of nitrogens with two attached hydrogens (primary N) is 1. The van der Waals surface area contributed by atoms with Crippen molar-refractivity contribution in [2.75, 3.05) is 25.0 Å². The number of carbonyl (C=O) groups is 6. The molecule has 0 aromatic heterocycles. The Morgan fingerprint density at radius 2 is 1.42 bits per heavy atom. The van der Waals surface area contributed by atoms with Gasteiger partial charge in [0, 0.05) is 49.6 Å². The lowest BCUT2D eigenvalue weighted by molar-refractivity contribution is -0.384. The van der Waals surface area contributed by atoms with Crippen LogP contribution < -0.4 is 27.0 Å². The minimum atomic E-state index is -1.30. The summed E-state index contributed by atoms with van der Waals surface area (Å²) in [6.07, 6.45) is 7.58. The Kier molecular flexibility index (Phi) is 13.2. The van der Waals surface area contributed by atoms with Gasteiger partial charge in [-0.3, -0.25) is 39.0 Å². The molecule has 2 aromatic carbocycles. The highest BCUT2D eigenvalue weighted by Crippen LogP contribution is 2.41. The first kappa shape index (κ1) is 37.2. The van der Waals surface area contributed by atoms with Crippen molar-refractivity contribution < 1.29 is 33.7 Å². The van der Waals surface area contributed by atoms with Gasteiger partial charge in [-0.05, 0) is 81.0 Å². The number of benzene rings is 2. The van der Waals surface area contributed by atoms with Gasteiger partial charge in [0.15, 0.2) is 0 Å². The average molecular weight is 690 g/mol. The highest BCUT2D eigenvalue weighted by molar-refractivity contribution is 6.12. The number of carbonyl (C=O) groups excluding carboxylic acids is 6. The molecule has 1 atom stereocenters. The van der Waals surface area contributed by atoms with Gasteiger partial charge in [-0.1, -0.05) is 30.7 Å². The predicted octanol–water partition coefficient (Wildman–Crippen LogP) is 2.63. The maximum Gasteiger partial charge on any atom is 0.312 e. The summed E-state index contributed by atoms with van der Waals surface area (Å²) in [5, 5.41) is 21.8. The molecular weight excluding hydrogens is 646 g/mol. The number of imide groups is 1. The molecule has 266 valence electrons. The first-order valence-electron chi connectivity index (χ1n) is 16.8. The van der Waals surface area contributed by atoms with Crippen LogP contribution in [0.15, 0.2) is 60.7 Å². The Bertz CT molecular complexity index is 1590. The number of aryl methyl sites for hydroxylation is 2. The average Bonchev–Trinajstić information content (AvgIpc) is 3.39. The maximum absolute atomic E-state index is 13.6. The molecule has 15 nitrogen and oxygen atoms in total. The summed E-state index contributed by atoms with van der Waals surface area (Å²) < 4.78 is 0. The lowest BCUT2D eigenvalue weighted by Gasteiger charge is -2.39. The van der Waals surface area contributed by atoms with E-state index in [4.69, 9.17) is 5.73 Å². The first-order chi connectivity index (χ1) is 24.0. The van der Waals surface area contributed by atoms with Gasteiger partial charge in [0.25, 0.3) is 17.5 Å². The molecule has 1 unspecified atom stereocenters. The van der Waals surface area contributed by atoms with Crippen LogP contribution in [0, 0.1) is 15.5 Å². The number of nitrogens with one attached hydrogen (secondary N) is 4. The number of nitrogens with zero attached hydrogens (tertiary/aromatic N) is 2. The van der Waals surface area contributed by atoms with E-state index in [2.05, 4.69) is 21.3 Å². The number of non-ortho nitro benzene ring substituents is 1. The molecule has 50 heavy (non-hydrogen) atoms. The molecule has 4 rings (SSSR count). The van der Waals surface area contributed by atoms with Crippen LogP contribution in [0.4, 0.5) is 16.2 Å². The fourth-order valence-electron chi connectivity index (χ4n) is 5.82. The monoisotopic (exact) mass is 689 g/mol. The van der Waals surface area contributed by atoms with Gasteiger partial charge in [-0.15, -0.1) is 0 Å². The normalized spacial score (nSPS) is 15.2. The predicted molar refractivity (Wildman–Crippen MR) is 183 cm³/mol. The summed E-state index contributed by atoms with van der Waals surface area (Å²) >= 11 is 0. The van der Waals surface area contributed by atoms with Crippen molar-refractivity contribution in [3.63, 3.8) is 0 Å². The molecule has 1 saturated carbocycles. The van der Waals surface area contributed by atoms with E-state index < -0.39 is 40.1 Å². The van der Waals surface area contributed by atoms with Gasteiger partial charge in [-0.25, -0.2) is 4.79 Å². The molecule has 0 spiro atoms. The number of unbranched alkanes of at least 4 members (excludes halogenated alkanes) is 2. The van der Waals surface area contributed by atoms with Crippen LogP contribution >= 0.6 is 0 Å². The zero-order valence-corrected chi connectivity index (χ0v) is 27.8. The zero-order chi connectivity index (χ0) is 36.1. The molecule has 1 aliphatic carbocycles. The second-order valence-corrected chi connectivity index (χ2v) is 12.5. The lowest BCUT2D eigenvalue weighted by Crippen LogP contribution is -2.58. The lowest BCUT2D eigenvalue weighted by atomic mass is 9.67. The second-order valence-electron chi connectivity index (χ2n) is 12.5. The number of nitro groups is 1. The van der Waals surface area contributed by atoms with Crippen molar-refractivity contribution in [1.29, 1.82) is 0 Å². The molecule has 1 heterocycles. The third-order valence-electron chi connectivity index (χ3n) is 8.98. The van der Waals surface area contributed by atoms with Gasteiger partial charge < -0.3 is 27.0 Å². The topological polar surface area (TPSA) is 223 Å². The highest BCUT2D eigenvalue weighted by atomic mass is 16.6. The first-order valence-corrected chi connectivity index (χ1v) is 16.8. The van der Waals surface area contributed by atoms with Crippen LogP contribution in [0.1, 0.15) is 62.5 Å². The van der Waals surface area contributed by atoms with Crippen LogP contribution in [0.25, 0.3) is 0 Å². The van der Waals surface area contributed by atoms with Crippen molar-refractivity contribution in [2.24, 2.45) is 11.1 Å². The van der Waals surface area contributed by atoms with Crippen molar-refractivity contribution in [2.45, 2.75) is 70.3 Å². The van der Waals surface area contributed by atoms with E-state index in [-0.39, 0.29) is 30.5 Å². The molecule has 15 heteroatoms. The van der Waals surface area contributed by atoms with Crippen LogP contribution in [0.2, 0.25) is 0 Å². The number of anilines is 1. The van der Waals surface area contributed by atoms with Gasteiger partial charge in [0.05, 0.1) is 4.92 Å². The van der Waals surface area contributed by atoms with Gasteiger partial charge >= 0.3 is 6.03 Å². The third kappa shape index (κ3) is 10.2. The van der Waals surface area contributed by atoms with E-state index in [9.17, 15) is 38.9 Å². The van der Waals surface area contributed by atoms with E-state index in [0.29, 0.717) is 76.6 Å². The van der Waals surface area contributed by atoms with Crippen LogP contribution in [0.5, 0.6) is 0 Å². The summed E-state index contributed by atoms with van der Waals surface area (Å²) in [6, 6.07) is 11.9. The second kappa shape index (κ2) is 17.7. The number of primary amides is 1. The zero-order valence-electron chi connectivity index (χ0n) is 27.8. The fourth-order valence-corrected chi connectivity index (χ4v) is 5.82. The quantitative estimate of drug-likeness (QED) is 0.0484. The smallest absolute Gasteiger partial charge is 0.312 e.